The van der Waals surface area contributed by atoms with Gasteiger partial charge in [-0.1, -0.05) is 44.9 Å². The number of para-hydroxylation sites is 1. The van der Waals surface area contributed by atoms with Crippen molar-refractivity contribution in [1.82, 2.24) is 0 Å². The second-order valence-corrected chi connectivity index (χ2v) is 11.0. The van der Waals surface area contributed by atoms with E-state index in [0.29, 0.717) is 5.25 Å². The smallest absolute Gasteiger partial charge is 0.0775 e. The van der Waals surface area contributed by atoms with Crippen LogP contribution in [0.3, 0.4) is 0 Å². The number of hydrogen-bond donors (Lipinski definition) is 1. The molecule has 1 unspecified atom stereocenters. The Kier molecular flexibility index (Phi) is 2.86. The Bertz CT molecular complexity index is 375. The topological polar surface area (TPSA) is 12.4 Å². The zero-order valence-electron chi connectivity index (χ0n) is 8.18. The van der Waals surface area contributed by atoms with E-state index in [2.05, 4.69) is 37.0 Å². The number of nitrogens with zero attached hydrogens (tertiary/aromatic N) is 1. The summed E-state index contributed by atoms with van der Waals surface area (Å²) in [4.78, 5) is 5.71. The molecular weight excluding hydrogens is 230 g/mol. The molecular formula is C10H13NS3. The molecule has 1 atom stereocenters. The lowest BCUT2D eigenvalue weighted by Crippen LogP contribution is -1.92. The molecule has 0 spiro atoms. The van der Waals surface area contributed by atoms with Gasteiger partial charge >= 0.3 is 0 Å². The number of thiol groups is 1. The summed E-state index contributed by atoms with van der Waals surface area (Å²) >= 11 is 4.80. The molecule has 1 aliphatic heterocycles. The summed E-state index contributed by atoms with van der Waals surface area (Å²) in [5.41, 5.74) is 3.11. The molecule has 1 aromatic carbocycles. The van der Waals surface area contributed by atoms with Crippen LogP contribution in [0.25, 0.3) is 0 Å². The maximum absolute atomic E-state index is 4.80. The van der Waals surface area contributed by atoms with Gasteiger partial charge in [0.15, 0.2) is 0 Å². The molecule has 14 heavy (non-hydrogen) atoms. The molecule has 0 radical (unpaired) electrons. The number of hydrogen-bond acceptors (Lipinski definition) is 3. The summed E-state index contributed by atoms with van der Waals surface area (Å²) in [6, 6.07) is 8.28. The van der Waals surface area contributed by atoms with Crippen molar-refractivity contribution in [3.05, 3.63) is 24.3 Å². The summed E-state index contributed by atoms with van der Waals surface area (Å²) in [6.45, 7) is 4.40. The number of rotatable bonds is 2. The summed E-state index contributed by atoms with van der Waals surface area (Å²) in [5.74, 6) is 0. The minimum Gasteiger partial charge on any atom is -0.248 e. The number of aliphatic imine (C=N–C) groups is 1. The first-order valence-electron chi connectivity index (χ1n) is 4.49. The predicted molar refractivity (Wildman–Crippen MR) is 72.2 cm³/mol. The van der Waals surface area contributed by atoms with Crippen LogP contribution in [0.4, 0.5) is 5.69 Å². The van der Waals surface area contributed by atoms with Gasteiger partial charge in [-0.15, -0.1) is 11.7 Å². The first-order valence-corrected chi connectivity index (χ1v) is 8.63. The van der Waals surface area contributed by atoms with E-state index >= 15 is 0 Å². The van der Waals surface area contributed by atoms with Crippen LogP contribution < -0.4 is 0 Å². The zero-order valence-corrected chi connectivity index (χ0v) is 10.7. The Hall–Kier alpha value is -0.0600. The zero-order chi connectivity index (χ0) is 10.2. The summed E-state index contributed by atoms with van der Waals surface area (Å²) < 4.78 is 0. The van der Waals surface area contributed by atoms with Crippen LogP contribution in [0.1, 0.15) is 13.8 Å². The van der Waals surface area contributed by atoms with Crippen molar-refractivity contribution < 1.29 is 0 Å². The van der Waals surface area contributed by atoms with Crippen molar-refractivity contribution in [2.24, 2.45) is 4.99 Å². The van der Waals surface area contributed by atoms with Crippen molar-refractivity contribution in [2.45, 2.75) is 24.0 Å². The summed E-state index contributed by atoms with van der Waals surface area (Å²) in [7, 11) is 0.762. The highest BCUT2D eigenvalue weighted by molar-refractivity contribution is 9.26. The average molecular weight is 243 g/mol. The third-order valence-electron chi connectivity index (χ3n) is 1.85. The SMILES string of the molecule is CC(C)SS1(S)C=Nc2ccccc21. The van der Waals surface area contributed by atoms with Crippen LogP contribution in [0.5, 0.6) is 0 Å². The van der Waals surface area contributed by atoms with E-state index in [1.54, 1.807) is 0 Å². The van der Waals surface area contributed by atoms with Gasteiger partial charge in [0, 0.05) is 10.1 Å². The highest BCUT2D eigenvalue weighted by Crippen LogP contribution is 2.73. The normalized spacial score (nSPS) is 28.9. The molecule has 1 aromatic rings. The van der Waals surface area contributed by atoms with Crippen LogP contribution >= 0.6 is 30.5 Å². The fourth-order valence-corrected chi connectivity index (χ4v) is 8.10. The molecule has 1 nitrogen and oxygen atoms in total. The molecule has 1 aliphatic rings. The van der Waals surface area contributed by atoms with Gasteiger partial charge in [-0.05, 0) is 12.1 Å². The van der Waals surface area contributed by atoms with E-state index in [4.69, 9.17) is 11.7 Å². The van der Waals surface area contributed by atoms with Gasteiger partial charge in [0.2, 0.25) is 0 Å². The minimum atomic E-state index is -1.14. The van der Waals surface area contributed by atoms with Gasteiger partial charge in [-0.2, -0.15) is 0 Å². The van der Waals surface area contributed by atoms with Crippen molar-refractivity contribution >= 4 is 41.8 Å². The average Bonchev–Trinajstić information content (AvgIpc) is 2.44. The Morgan fingerprint density at radius 2 is 2.07 bits per heavy atom. The van der Waals surface area contributed by atoms with Crippen LogP contribution in [0.2, 0.25) is 0 Å². The van der Waals surface area contributed by atoms with Crippen molar-refractivity contribution in [3.63, 3.8) is 0 Å². The Morgan fingerprint density at radius 1 is 1.36 bits per heavy atom. The molecule has 0 saturated heterocycles. The van der Waals surface area contributed by atoms with Gasteiger partial charge in [0.1, 0.15) is 0 Å². The van der Waals surface area contributed by atoms with E-state index in [9.17, 15) is 0 Å². The summed E-state index contributed by atoms with van der Waals surface area (Å²) in [5, 5.41) is 0.583. The lowest BCUT2D eigenvalue weighted by Gasteiger charge is -2.27. The highest BCUT2D eigenvalue weighted by atomic mass is 33.5. The largest absolute Gasteiger partial charge is 0.248 e. The Labute approximate surface area is 94.9 Å². The van der Waals surface area contributed by atoms with Crippen molar-refractivity contribution in [3.8, 4) is 0 Å². The lowest BCUT2D eigenvalue weighted by molar-refractivity contribution is 1.12. The monoisotopic (exact) mass is 243 g/mol. The molecule has 0 aromatic heterocycles. The van der Waals surface area contributed by atoms with Crippen molar-refractivity contribution in [2.75, 3.05) is 0 Å². The third-order valence-corrected chi connectivity index (χ3v) is 8.38. The van der Waals surface area contributed by atoms with Crippen LogP contribution in [0.15, 0.2) is 34.2 Å². The number of benzene rings is 1. The van der Waals surface area contributed by atoms with E-state index in [1.807, 2.05) is 22.4 Å². The standard InChI is InChI=1S/C10H13NS3/c1-8(2)13-14(12)7-11-9-5-3-4-6-10(9)14/h3-8,12H,1-2H3. The molecule has 76 valence electrons. The Morgan fingerprint density at radius 3 is 2.79 bits per heavy atom. The summed E-state index contributed by atoms with van der Waals surface area (Å²) in [6.07, 6.45) is 0. The van der Waals surface area contributed by atoms with E-state index in [-0.39, 0.29) is 0 Å². The molecule has 0 fully saturated rings. The van der Waals surface area contributed by atoms with Gasteiger partial charge in [-0.3, -0.25) is 0 Å². The van der Waals surface area contributed by atoms with Gasteiger partial charge < -0.3 is 0 Å². The van der Waals surface area contributed by atoms with E-state index in [0.717, 1.165) is 5.69 Å². The second-order valence-electron chi connectivity index (χ2n) is 3.42. The predicted octanol–water partition coefficient (Wildman–Crippen LogP) is 4.42. The lowest BCUT2D eigenvalue weighted by atomic mass is 10.3. The first-order chi connectivity index (χ1) is 6.62. The molecule has 0 aliphatic carbocycles. The molecule has 0 bridgehead atoms. The fraction of sp³-hybridized carbons (Fsp3) is 0.300. The molecule has 0 N–H and O–H groups in total. The molecule has 2 rings (SSSR count). The third kappa shape index (κ3) is 1.83. The molecule has 0 saturated carbocycles. The maximum atomic E-state index is 4.80. The van der Waals surface area contributed by atoms with Crippen LogP contribution in [0, 0.1) is 0 Å². The fourth-order valence-electron chi connectivity index (χ4n) is 1.37. The van der Waals surface area contributed by atoms with Gasteiger partial charge in [-0.25, -0.2) is 4.99 Å². The quantitative estimate of drug-likeness (QED) is 0.599. The molecule has 0 amide bonds. The van der Waals surface area contributed by atoms with Crippen LogP contribution in [-0.2, 0) is 0 Å². The van der Waals surface area contributed by atoms with Gasteiger partial charge in [0.05, 0.1) is 11.2 Å². The minimum absolute atomic E-state index is 0.583. The molecule has 1 heterocycles. The Balaban J connectivity index is 2.37. The maximum Gasteiger partial charge on any atom is 0.0775 e. The van der Waals surface area contributed by atoms with Gasteiger partial charge in [0.25, 0.3) is 0 Å². The van der Waals surface area contributed by atoms with Crippen LogP contribution in [-0.4, -0.2) is 10.8 Å². The number of fused-ring (bicyclic) bond motifs is 1. The van der Waals surface area contributed by atoms with Crippen molar-refractivity contribution in [1.29, 1.82) is 0 Å². The first kappa shape index (κ1) is 10.5. The second kappa shape index (κ2) is 3.83. The van der Waals surface area contributed by atoms with E-state index in [1.165, 1.54) is 4.90 Å². The van der Waals surface area contributed by atoms with E-state index < -0.39 is 8.09 Å². The molecule has 4 heteroatoms. The highest BCUT2D eigenvalue weighted by Gasteiger charge is 2.28.